The summed E-state index contributed by atoms with van der Waals surface area (Å²) in [6.07, 6.45) is 19.4. The Hall–Kier alpha value is -2.07. The molecule has 0 radical (unpaired) electrons. The average Bonchev–Trinajstić information content (AvgIpc) is 2.75. The fourth-order valence-corrected chi connectivity index (χ4v) is 6.11. The third-order valence-corrected chi connectivity index (χ3v) is 7.24. The van der Waals surface area contributed by atoms with Crippen LogP contribution in [0.2, 0.25) is 0 Å². The predicted octanol–water partition coefficient (Wildman–Crippen LogP) is 5.97. The molecule has 3 aliphatic carbocycles. The number of rotatable bonds is 9. The molecule has 2 bridgehead atoms. The van der Waals surface area contributed by atoms with Gasteiger partial charge in [-0.3, -0.25) is 4.79 Å². The van der Waals surface area contributed by atoms with Gasteiger partial charge in [-0.05, 0) is 93.1 Å². The molecule has 0 aromatic heterocycles. The van der Waals surface area contributed by atoms with Gasteiger partial charge < -0.3 is 15.2 Å². The second kappa shape index (κ2) is 11.2. The summed E-state index contributed by atoms with van der Waals surface area (Å²) in [4.78, 5) is 12.8. The van der Waals surface area contributed by atoms with Crippen LogP contribution in [0.4, 0.5) is 0 Å². The molecule has 3 aliphatic rings. The summed E-state index contributed by atoms with van der Waals surface area (Å²) >= 11 is 0. The van der Waals surface area contributed by atoms with Crippen LogP contribution < -0.4 is 5.32 Å². The minimum absolute atomic E-state index is 0.0348. The van der Waals surface area contributed by atoms with Crippen molar-refractivity contribution >= 4 is 5.91 Å². The number of hydrogen-bond donors (Lipinski definition) is 2. The van der Waals surface area contributed by atoms with Crippen molar-refractivity contribution in [2.24, 2.45) is 23.2 Å². The Balaban J connectivity index is 1.54. The van der Waals surface area contributed by atoms with Crippen molar-refractivity contribution in [2.75, 3.05) is 6.61 Å². The van der Waals surface area contributed by atoms with Crippen LogP contribution in [0.1, 0.15) is 72.1 Å². The summed E-state index contributed by atoms with van der Waals surface area (Å²) in [5, 5.41) is 13.6. The van der Waals surface area contributed by atoms with Crippen LogP contribution >= 0.6 is 0 Å². The van der Waals surface area contributed by atoms with Gasteiger partial charge in [-0.1, -0.05) is 44.7 Å². The SMILES string of the molecule is C=C/C(=C\C(=C/C)NC(=O)C(O)CC1(C)CC2CC(C)CC(C2)C1)OCC1=CCCC=C1. The van der Waals surface area contributed by atoms with Crippen LogP contribution in [0.3, 0.4) is 0 Å². The Morgan fingerprint density at radius 1 is 1.31 bits per heavy atom. The standard InChI is InChI=1S/C28H41NO3/c1-5-24(15-25(6-2)32-19-21-10-8-7-9-11-21)29-27(31)26(30)18-28(4)16-22-12-20(3)13-23(14-22)17-28/h5-6,8,10-11,15,20,22-23,26,30H,2,7,9,12-14,16-19H2,1,3-4H3,(H,29,31)/b24-5+,25-15+. The fraction of sp³-hybridized carbons (Fsp3) is 0.607. The lowest BCUT2D eigenvalue weighted by molar-refractivity contribution is -0.131. The molecule has 1 amide bonds. The van der Waals surface area contributed by atoms with Gasteiger partial charge in [0.15, 0.2) is 0 Å². The number of hydrogen-bond acceptors (Lipinski definition) is 3. The highest BCUT2D eigenvalue weighted by molar-refractivity contribution is 5.82. The van der Waals surface area contributed by atoms with E-state index in [2.05, 4.69) is 44.0 Å². The smallest absolute Gasteiger partial charge is 0.253 e. The summed E-state index contributed by atoms with van der Waals surface area (Å²) in [5.74, 6) is 2.55. The van der Waals surface area contributed by atoms with Gasteiger partial charge in [-0.2, -0.15) is 0 Å². The topological polar surface area (TPSA) is 58.6 Å². The third kappa shape index (κ3) is 6.96. The Labute approximate surface area is 194 Å². The molecular weight excluding hydrogens is 398 g/mol. The van der Waals surface area contributed by atoms with E-state index < -0.39 is 6.10 Å². The number of carbonyl (C=O) groups excluding carboxylic acids is 1. The minimum Gasteiger partial charge on any atom is -0.489 e. The Bertz CT molecular complexity index is 785. The molecule has 2 fully saturated rings. The number of aliphatic hydroxyl groups is 1. The van der Waals surface area contributed by atoms with E-state index in [1.54, 1.807) is 12.2 Å². The Morgan fingerprint density at radius 3 is 2.62 bits per heavy atom. The first-order valence-electron chi connectivity index (χ1n) is 12.3. The largest absolute Gasteiger partial charge is 0.489 e. The zero-order valence-electron chi connectivity index (χ0n) is 20.1. The van der Waals surface area contributed by atoms with Gasteiger partial charge >= 0.3 is 0 Å². The van der Waals surface area contributed by atoms with Crippen molar-refractivity contribution in [1.82, 2.24) is 5.32 Å². The van der Waals surface area contributed by atoms with Gasteiger partial charge in [-0.25, -0.2) is 0 Å². The highest BCUT2D eigenvalue weighted by Crippen LogP contribution is 2.52. The maximum absolute atomic E-state index is 12.8. The highest BCUT2D eigenvalue weighted by Gasteiger charge is 2.42. The van der Waals surface area contributed by atoms with E-state index in [0.717, 1.165) is 49.0 Å². The van der Waals surface area contributed by atoms with Gasteiger partial charge in [-0.15, -0.1) is 0 Å². The van der Waals surface area contributed by atoms with Crippen molar-refractivity contribution in [3.05, 3.63) is 60.1 Å². The van der Waals surface area contributed by atoms with E-state index in [-0.39, 0.29) is 11.3 Å². The maximum atomic E-state index is 12.8. The van der Waals surface area contributed by atoms with Gasteiger partial charge in [0, 0.05) is 11.8 Å². The molecule has 0 saturated heterocycles. The number of aliphatic hydroxyl groups excluding tert-OH is 1. The van der Waals surface area contributed by atoms with Gasteiger partial charge in [0.1, 0.15) is 18.5 Å². The van der Waals surface area contributed by atoms with Gasteiger partial charge in [0.05, 0.1) is 0 Å². The number of ether oxygens (including phenoxy) is 1. The minimum atomic E-state index is -1.01. The second-order valence-corrected chi connectivity index (χ2v) is 10.5. The number of allylic oxidation sites excluding steroid dienone is 5. The van der Waals surface area contributed by atoms with Gasteiger partial charge in [0.25, 0.3) is 5.91 Å². The molecule has 0 heterocycles. The number of amides is 1. The highest BCUT2D eigenvalue weighted by atomic mass is 16.5. The first-order chi connectivity index (χ1) is 15.3. The molecule has 176 valence electrons. The van der Waals surface area contributed by atoms with E-state index in [1.807, 2.05) is 13.0 Å². The van der Waals surface area contributed by atoms with Crippen LogP contribution in [-0.2, 0) is 9.53 Å². The van der Waals surface area contributed by atoms with Crippen molar-refractivity contribution in [2.45, 2.75) is 78.2 Å². The first kappa shape index (κ1) is 24.6. The Kier molecular flexibility index (Phi) is 8.58. The molecule has 3 unspecified atom stereocenters. The van der Waals surface area contributed by atoms with Crippen LogP contribution in [0, 0.1) is 23.2 Å². The van der Waals surface area contributed by atoms with Crippen molar-refractivity contribution < 1.29 is 14.6 Å². The molecule has 0 spiro atoms. The molecule has 0 aliphatic heterocycles. The predicted molar refractivity (Wildman–Crippen MR) is 131 cm³/mol. The molecule has 0 aromatic carbocycles. The molecular formula is C28H41NO3. The van der Waals surface area contributed by atoms with E-state index in [0.29, 0.717) is 24.5 Å². The molecule has 0 aromatic rings. The molecule has 2 N–H and O–H groups in total. The summed E-state index contributed by atoms with van der Waals surface area (Å²) in [6.45, 7) is 10.8. The van der Waals surface area contributed by atoms with Crippen LogP contribution in [0.15, 0.2) is 60.1 Å². The maximum Gasteiger partial charge on any atom is 0.253 e. The Morgan fingerprint density at radius 2 is 2.03 bits per heavy atom. The fourth-order valence-electron chi connectivity index (χ4n) is 6.11. The molecule has 32 heavy (non-hydrogen) atoms. The van der Waals surface area contributed by atoms with Gasteiger partial charge in [0.2, 0.25) is 0 Å². The van der Waals surface area contributed by atoms with Crippen LogP contribution in [-0.4, -0.2) is 23.7 Å². The van der Waals surface area contributed by atoms with Crippen molar-refractivity contribution in [3.63, 3.8) is 0 Å². The zero-order chi connectivity index (χ0) is 23.1. The van der Waals surface area contributed by atoms with Crippen LogP contribution in [0.25, 0.3) is 0 Å². The molecule has 4 heteroatoms. The quantitative estimate of drug-likeness (QED) is 0.343. The van der Waals surface area contributed by atoms with Crippen molar-refractivity contribution in [3.8, 4) is 0 Å². The van der Waals surface area contributed by atoms with Crippen LogP contribution in [0.5, 0.6) is 0 Å². The lowest BCUT2D eigenvalue weighted by atomic mass is 9.58. The number of carbonyl (C=O) groups is 1. The average molecular weight is 440 g/mol. The molecule has 4 nitrogen and oxygen atoms in total. The number of fused-ring (bicyclic) bond motifs is 2. The summed E-state index contributed by atoms with van der Waals surface area (Å²) < 4.78 is 5.86. The first-order valence-corrected chi connectivity index (χ1v) is 12.3. The molecule has 3 atom stereocenters. The lowest BCUT2D eigenvalue weighted by Crippen LogP contribution is -2.42. The van der Waals surface area contributed by atoms with E-state index in [1.165, 1.54) is 19.3 Å². The summed E-state index contributed by atoms with van der Waals surface area (Å²) in [6, 6.07) is 0. The van der Waals surface area contributed by atoms with E-state index in [4.69, 9.17) is 4.74 Å². The number of nitrogens with one attached hydrogen (secondary N) is 1. The zero-order valence-corrected chi connectivity index (χ0v) is 20.1. The normalized spacial score (nSPS) is 31.5. The van der Waals surface area contributed by atoms with Crippen molar-refractivity contribution in [1.29, 1.82) is 0 Å². The van der Waals surface area contributed by atoms with E-state index >= 15 is 0 Å². The molecule has 3 rings (SSSR count). The second-order valence-electron chi connectivity index (χ2n) is 10.5. The molecule has 2 saturated carbocycles. The van der Waals surface area contributed by atoms with E-state index in [9.17, 15) is 9.90 Å². The third-order valence-electron chi connectivity index (χ3n) is 7.24. The lowest BCUT2D eigenvalue weighted by Gasteiger charge is -2.48. The monoisotopic (exact) mass is 439 g/mol. The summed E-state index contributed by atoms with van der Waals surface area (Å²) in [7, 11) is 0. The summed E-state index contributed by atoms with van der Waals surface area (Å²) in [5.41, 5.74) is 1.79.